The third kappa shape index (κ3) is 3.78. The summed E-state index contributed by atoms with van der Waals surface area (Å²) in [7, 11) is 0. The highest BCUT2D eigenvalue weighted by molar-refractivity contribution is 7.99. The van der Waals surface area contributed by atoms with Gasteiger partial charge in [0.25, 0.3) is 0 Å². The second-order valence-corrected chi connectivity index (χ2v) is 7.49. The van der Waals surface area contributed by atoms with E-state index in [0.29, 0.717) is 33.4 Å². The molecular formula is C22H19FN4O2S. The van der Waals surface area contributed by atoms with Gasteiger partial charge >= 0.3 is 0 Å². The van der Waals surface area contributed by atoms with E-state index in [4.69, 9.17) is 4.74 Å². The minimum absolute atomic E-state index is 0.168. The molecule has 6 nitrogen and oxygen atoms in total. The number of ether oxygens (including phenoxy) is 1. The van der Waals surface area contributed by atoms with Crippen LogP contribution in [0.4, 0.5) is 10.1 Å². The van der Waals surface area contributed by atoms with E-state index in [1.54, 1.807) is 25.1 Å². The molecule has 0 N–H and O–H groups in total. The van der Waals surface area contributed by atoms with Crippen molar-refractivity contribution in [1.82, 2.24) is 15.2 Å². The van der Waals surface area contributed by atoms with Crippen LogP contribution in [0.25, 0.3) is 11.3 Å². The number of rotatable bonds is 5. The van der Waals surface area contributed by atoms with Crippen molar-refractivity contribution in [2.75, 3.05) is 10.7 Å². The van der Waals surface area contributed by atoms with Crippen LogP contribution in [-0.2, 0) is 4.79 Å². The quantitative estimate of drug-likeness (QED) is 0.435. The number of hydrogen-bond acceptors (Lipinski definition) is 6. The van der Waals surface area contributed by atoms with Crippen molar-refractivity contribution >= 4 is 23.4 Å². The maximum Gasteiger partial charge on any atom is 0.247 e. The van der Waals surface area contributed by atoms with E-state index >= 15 is 0 Å². The third-order valence-electron chi connectivity index (χ3n) is 4.55. The van der Waals surface area contributed by atoms with Crippen LogP contribution in [0.1, 0.15) is 25.1 Å². The Hall–Kier alpha value is -3.26. The van der Waals surface area contributed by atoms with Gasteiger partial charge in [-0.2, -0.15) is 4.98 Å². The number of aromatic nitrogens is 3. The molecule has 1 amide bonds. The third-order valence-corrected chi connectivity index (χ3v) is 5.38. The number of carbonyl (C=O) groups excluding carboxylic acids is 1. The molecule has 2 heterocycles. The molecule has 0 fully saturated rings. The minimum atomic E-state index is -0.899. The summed E-state index contributed by atoms with van der Waals surface area (Å²) in [5.74, 6) is 0.273. The Kier molecular flexibility index (Phi) is 5.76. The van der Waals surface area contributed by atoms with Gasteiger partial charge in [0, 0.05) is 23.3 Å². The Labute approximate surface area is 177 Å². The lowest BCUT2D eigenvalue weighted by molar-refractivity contribution is -0.120. The molecule has 0 spiro atoms. The molecular weight excluding hydrogens is 403 g/mol. The second kappa shape index (κ2) is 8.62. The lowest BCUT2D eigenvalue weighted by Crippen LogP contribution is -2.37. The molecule has 0 bridgehead atoms. The average molecular weight is 422 g/mol. The number of halogens is 1. The summed E-state index contributed by atoms with van der Waals surface area (Å²) in [5, 5.41) is 8.95. The van der Waals surface area contributed by atoms with Crippen LogP contribution in [-0.4, -0.2) is 26.8 Å². The summed E-state index contributed by atoms with van der Waals surface area (Å²) in [5.41, 5.74) is 2.22. The van der Waals surface area contributed by atoms with Gasteiger partial charge in [0.1, 0.15) is 5.82 Å². The van der Waals surface area contributed by atoms with E-state index in [9.17, 15) is 9.18 Å². The van der Waals surface area contributed by atoms with E-state index in [0.717, 1.165) is 0 Å². The molecule has 3 aromatic rings. The Bertz CT molecular complexity index is 1110. The van der Waals surface area contributed by atoms with Crippen molar-refractivity contribution in [2.45, 2.75) is 24.7 Å². The summed E-state index contributed by atoms with van der Waals surface area (Å²) in [6.07, 6.45) is 1.09. The summed E-state index contributed by atoms with van der Waals surface area (Å²) in [4.78, 5) is 19.0. The van der Waals surface area contributed by atoms with Crippen LogP contribution in [0.15, 0.2) is 66.3 Å². The highest BCUT2D eigenvalue weighted by Crippen LogP contribution is 2.43. The smallest absolute Gasteiger partial charge is 0.247 e. The molecule has 1 aromatic heterocycles. The maximum atomic E-state index is 14.0. The van der Waals surface area contributed by atoms with E-state index in [1.807, 2.05) is 24.3 Å². The predicted octanol–water partition coefficient (Wildman–Crippen LogP) is 4.79. The molecule has 8 heteroatoms. The monoisotopic (exact) mass is 422 g/mol. The molecule has 0 saturated heterocycles. The van der Waals surface area contributed by atoms with Crippen molar-refractivity contribution in [3.8, 4) is 17.1 Å². The first-order chi connectivity index (χ1) is 14.6. The standard InChI is InChI=1S/C22H19FN4O2S/c1-3-12-30-22-24-20-19(25-26-22)16-10-5-6-11-17(16)27(18(28)4-2)21(29-20)14-8-7-9-15(23)13-14/h3,5-11,13,21H,1,4,12H2,2H3/t21-/m0/s1. The molecule has 1 atom stereocenters. The number of benzene rings is 2. The number of carbonyl (C=O) groups is 1. The number of para-hydroxylation sites is 1. The van der Waals surface area contributed by atoms with Gasteiger partial charge in [0.05, 0.1) is 5.69 Å². The molecule has 4 rings (SSSR count). The Balaban J connectivity index is 1.92. The molecule has 0 radical (unpaired) electrons. The molecule has 152 valence electrons. The fraction of sp³-hybridized carbons (Fsp3) is 0.182. The average Bonchev–Trinajstić information content (AvgIpc) is 2.91. The van der Waals surface area contributed by atoms with Crippen LogP contribution in [0.5, 0.6) is 5.88 Å². The molecule has 0 unspecified atom stereocenters. The van der Waals surface area contributed by atoms with Crippen molar-refractivity contribution in [3.05, 3.63) is 72.6 Å². The van der Waals surface area contributed by atoms with E-state index in [2.05, 4.69) is 21.8 Å². The SMILES string of the molecule is C=CCSc1nnc2c(n1)O[C@@H](c1cccc(F)c1)N(C(=O)CC)c1ccccc1-2. The fourth-order valence-electron chi connectivity index (χ4n) is 3.23. The van der Waals surface area contributed by atoms with Gasteiger partial charge in [-0.1, -0.05) is 55.1 Å². The molecule has 1 aliphatic rings. The van der Waals surface area contributed by atoms with Crippen molar-refractivity contribution in [3.63, 3.8) is 0 Å². The number of hydrogen-bond donors (Lipinski definition) is 0. The van der Waals surface area contributed by atoms with Crippen LogP contribution < -0.4 is 9.64 Å². The first-order valence-electron chi connectivity index (χ1n) is 9.44. The summed E-state index contributed by atoms with van der Waals surface area (Å²) >= 11 is 1.37. The highest BCUT2D eigenvalue weighted by atomic mass is 32.2. The number of fused-ring (bicyclic) bond motifs is 3. The number of nitrogens with zero attached hydrogens (tertiary/aromatic N) is 4. The van der Waals surface area contributed by atoms with E-state index in [-0.39, 0.29) is 18.2 Å². The lowest BCUT2D eigenvalue weighted by atomic mass is 10.1. The summed E-state index contributed by atoms with van der Waals surface area (Å²) < 4.78 is 20.2. The Morgan fingerprint density at radius 3 is 2.87 bits per heavy atom. The molecule has 2 aromatic carbocycles. The number of amides is 1. The molecule has 1 aliphatic heterocycles. The zero-order valence-corrected chi connectivity index (χ0v) is 17.1. The first-order valence-corrected chi connectivity index (χ1v) is 10.4. The van der Waals surface area contributed by atoms with Gasteiger partial charge in [-0.15, -0.1) is 16.8 Å². The summed E-state index contributed by atoms with van der Waals surface area (Å²) in [6, 6.07) is 13.4. The van der Waals surface area contributed by atoms with Crippen LogP contribution >= 0.6 is 11.8 Å². The van der Waals surface area contributed by atoms with Crippen molar-refractivity contribution in [2.24, 2.45) is 0 Å². The van der Waals surface area contributed by atoms with E-state index < -0.39 is 12.0 Å². The lowest BCUT2D eigenvalue weighted by Gasteiger charge is -2.30. The fourth-order valence-corrected chi connectivity index (χ4v) is 3.74. The Morgan fingerprint density at radius 1 is 1.27 bits per heavy atom. The van der Waals surface area contributed by atoms with E-state index in [1.165, 1.54) is 28.8 Å². The zero-order valence-electron chi connectivity index (χ0n) is 16.3. The van der Waals surface area contributed by atoms with Gasteiger partial charge in [-0.3, -0.25) is 9.69 Å². The van der Waals surface area contributed by atoms with Crippen LogP contribution in [0, 0.1) is 5.82 Å². The second-order valence-electron chi connectivity index (χ2n) is 6.51. The topological polar surface area (TPSA) is 68.2 Å². The minimum Gasteiger partial charge on any atom is -0.447 e. The molecule has 30 heavy (non-hydrogen) atoms. The van der Waals surface area contributed by atoms with Gasteiger partial charge in [0.15, 0.2) is 5.69 Å². The first kappa shape index (κ1) is 20.0. The number of anilines is 1. The summed E-state index contributed by atoms with van der Waals surface area (Å²) in [6.45, 7) is 5.47. The van der Waals surface area contributed by atoms with Gasteiger partial charge in [-0.05, 0) is 18.2 Å². The van der Waals surface area contributed by atoms with Gasteiger partial charge in [0.2, 0.25) is 23.2 Å². The van der Waals surface area contributed by atoms with Crippen molar-refractivity contribution in [1.29, 1.82) is 0 Å². The predicted molar refractivity (Wildman–Crippen MR) is 114 cm³/mol. The molecule has 0 saturated carbocycles. The highest BCUT2D eigenvalue weighted by Gasteiger charge is 2.35. The normalized spacial score (nSPS) is 14.9. The van der Waals surface area contributed by atoms with Gasteiger partial charge < -0.3 is 4.74 Å². The molecule has 0 aliphatic carbocycles. The van der Waals surface area contributed by atoms with Crippen LogP contribution in [0.2, 0.25) is 0 Å². The maximum absolute atomic E-state index is 14.0. The number of thioether (sulfide) groups is 1. The Morgan fingerprint density at radius 2 is 2.10 bits per heavy atom. The van der Waals surface area contributed by atoms with Crippen molar-refractivity contribution < 1.29 is 13.9 Å². The largest absolute Gasteiger partial charge is 0.447 e. The van der Waals surface area contributed by atoms with Crippen LogP contribution in [0.3, 0.4) is 0 Å². The zero-order chi connectivity index (χ0) is 21.1. The van der Waals surface area contributed by atoms with Gasteiger partial charge in [-0.25, -0.2) is 4.39 Å².